The van der Waals surface area contributed by atoms with Crippen molar-refractivity contribution in [2.75, 3.05) is 18.6 Å². The lowest BCUT2D eigenvalue weighted by molar-refractivity contribution is -0.132. The number of anilines is 1. The number of ether oxygens (including phenoxy) is 2. The molecule has 1 heterocycles. The number of hydrogen-bond acceptors (Lipinski definition) is 6. The molecule has 1 amide bonds. The molecule has 0 aromatic heterocycles. The van der Waals surface area contributed by atoms with Crippen molar-refractivity contribution in [2.24, 2.45) is 0 Å². The van der Waals surface area contributed by atoms with Crippen molar-refractivity contribution < 1.29 is 29.3 Å². The summed E-state index contributed by atoms with van der Waals surface area (Å²) < 4.78 is 11.0. The van der Waals surface area contributed by atoms with Crippen molar-refractivity contribution in [3.8, 4) is 17.2 Å². The fourth-order valence-electron chi connectivity index (χ4n) is 4.50. The van der Waals surface area contributed by atoms with Crippen LogP contribution in [-0.4, -0.2) is 35.6 Å². The van der Waals surface area contributed by atoms with E-state index >= 15 is 0 Å². The molecule has 7 nitrogen and oxygen atoms in total. The summed E-state index contributed by atoms with van der Waals surface area (Å²) in [5, 5.41) is 21.8. The number of aromatic hydroxyl groups is 1. The largest absolute Gasteiger partial charge is 0.507 e. The van der Waals surface area contributed by atoms with Crippen molar-refractivity contribution in [2.45, 2.75) is 32.7 Å². The van der Waals surface area contributed by atoms with E-state index in [-0.39, 0.29) is 33.8 Å². The van der Waals surface area contributed by atoms with Crippen LogP contribution in [0.1, 0.15) is 49.4 Å². The Morgan fingerprint density at radius 1 is 1.05 bits per heavy atom. The highest BCUT2D eigenvalue weighted by atomic mass is 35.5. The standard InChI is InChI=1S/C29H28ClNO6/c1-5-37-22-12-11-17(13-20(22)16(2)3)26(32)24-25(18-14-21(30)27(33)23(15-18)36-4)31(29(35)28(24)34)19-9-7-6-8-10-19/h6-16,25,32-33H,5H2,1-4H3/b26-24+. The van der Waals surface area contributed by atoms with Crippen LogP contribution >= 0.6 is 11.6 Å². The number of rotatable bonds is 7. The lowest BCUT2D eigenvalue weighted by atomic mass is 9.93. The van der Waals surface area contributed by atoms with Gasteiger partial charge in [0, 0.05) is 11.3 Å². The average molecular weight is 522 g/mol. The predicted molar refractivity (Wildman–Crippen MR) is 143 cm³/mol. The molecule has 1 aliphatic rings. The molecule has 1 fully saturated rings. The second-order valence-corrected chi connectivity index (χ2v) is 9.31. The van der Waals surface area contributed by atoms with Crippen LogP contribution in [0, 0.1) is 0 Å². The fraction of sp³-hybridized carbons (Fsp3) is 0.241. The number of nitrogens with zero attached hydrogens (tertiary/aromatic N) is 1. The van der Waals surface area contributed by atoms with Crippen molar-refractivity contribution in [3.05, 3.63) is 87.9 Å². The Hall–Kier alpha value is -3.97. The summed E-state index contributed by atoms with van der Waals surface area (Å²) in [5.41, 5.74) is 1.98. The minimum Gasteiger partial charge on any atom is -0.507 e. The van der Waals surface area contributed by atoms with Gasteiger partial charge in [-0.2, -0.15) is 0 Å². The maximum Gasteiger partial charge on any atom is 0.300 e. The first kappa shape index (κ1) is 26.1. The van der Waals surface area contributed by atoms with Crippen LogP contribution in [0.15, 0.2) is 66.2 Å². The van der Waals surface area contributed by atoms with Gasteiger partial charge in [0.05, 0.1) is 30.4 Å². The number of phenols is 1. The molecule has 3 aromatic carbocycles. The Morgan fingerprint density at radius 3 is 2.38 bits per heavy atom. The second-order valence-electron chi connectivity index (χ2n) is 8.90. The van der Waals surface area contributed by atoms with Gasteiger partial charge in [-0.15, -0.1) is 0 Å². The Kier molecular flexibility index (Phi) is 7.45. The van der Waals surface area contributed by atoms with Gasteiger partial charge in [0.15, 0.2) is 11.5 Å². The number of aliphatic hydroxyl groups is 1. The van der Waals surface area contributed by atoms with E-state index in [1.165, 1.54) is 24.1 Å². The van der Waals surface area contributed by atoms with E-state index in [1.54, 1.807) is 48.5 Å². The highest BCUT2D eigenvalue weighted by Crippen LogP contribution is 2.46. The van der Waals surface area contributed by atoms with Crippen LogP contribution in [0.4, 0.5) is 5.69 Å². The lowest BCUT2D eigenvalue weighted by Gasteiger charge is -2.26. The summed E-state index contributed by atoms with van der Waals surface area (Å²) in [6, 6.07) is 15.8. The quantitative estimate of drug-likeness (QED) is 0.218. The van der Waals surface area contributed by atoms with Gasteiger partial charge in [-0.3, -0.25) is 14.5 Å². The number of phenolic OH excluding ortho intramolecular Hbond substituents is 1. The third kappa shape index (κ3) is 4.74. The number of para-hydroxylation sites is 1. The fourth-order valence-corrected chi connectivity index (χ4v) is 4.72. The molecule has 0 radical (unpaired) electrons. The maximum atomic E-state index is 13.4. The summed E-state index contributed by atoms with van der Waals surface area (Å²) in [7, 11) is 1.37. The number of carbonyl (C=O) groups is 2. The highest BCUT2D eigenvalue weighted by Gasteiger charge is 2.47. The molecule has 3 aromatic rings. The van der Waals surface area contributed by atoms with E-state index in [0.29, 0.717) is 29.2 Å². The van der Waals surface area contributed by atoms with E-state index in [0.717, 1.165) is 5.56 Å². The first-order valence-corrected chi connectivity index (χ1v) is 12.3. The summed E-state index contributed by atoms with van der Waals surface area (Å²) in [5.74, 6) is -1.38. The molecule has 8 heteroatoms. The molecule has 1 atom stereocenters. The van der Waals surface area contributed by atoms with Crippen LogP contribution in [0.3, 0.4) is 0 Å². The SMILES string of the molecule is CCOc1ccc(/C(O)=C2\C(=O)C(=O)N(c3ccccc3)C2c2cc(Cl)c(O)c(OC)c2)cc1C(C)C. The zero-order valence-corrected chi connectivity index (χ0v) is 21.7. The lowest BCUT2D eigenvalue weighted by Crippen LogP contribution is -2.29. The van der Waals surface area contributed by atoms with Crippen molar-refractivity contribution in [3.63, 3.8) is 0 Å². The number of benzene rings is 3. The predicted octanol–water partition coefficient (Wildman–Crippen LogP) is 6.20. The summed E-state index contributed by atoms with van der Waals surface area (Å²) in [6.45, 7) is 6.37. The van der Waals surface area contributed by atoms with Crippen LogP contribution in [-0.2, 0) is 9.59 Å². The number of carbonyl (C=O) groups excluding carboxylic acids is 2. The Balaban J connectivity index is 1.98. The second kappa shape index (κ2) is 10.6. The summed E-state index contributed by atoms with van der Waals surface area (Å²) in [6.07, 6.45) is 0. The van der Waals surface area contributed by atoms with E-state index in [1.807, 2.05) is 20.8 Å². The normalized spacial score (nSPS) is 16.9. The monoisotopic (exact) mass is 521 g/mol. The van der Waals surface area contributed by atoms with Gasteiger partial charge in [-0.1, -0.05) is 43.6 Å². The highest BCUT2D eigenvalue weighted by molar-refractivity contribution is 6.51. The minimum absolute atomic E-state index is 0.0174. The molecular formula is C29H28ClNO6. The first-order chi connectivity index (χ1) is 17.7. The van der Waals surface area contributed by atoms with Crippen LogP contribution in [0.2, 0.25) is 5.02 Å². The molecule has 37 heavy (non-hydrogen) atoms. The molecular weight excluding hydrogens is 494 g/mol. The third-order valence-electron chi connectivity index (χ3n) is 6.27. The molecule has 1 saturated heterocycles. The molecule has 0 saturated carbocycles. The van der Waals surface area contributed by atoms with Crippen LogP contribution in [0.5, 0.6) is 17.2 Å². The zero-order chi connectivity index (χ0) is 26.9. The number of aliphatic hydroxyl groups excluding tert-OH is 1. The molecule has 192 valence electrons. The molecule has 0 bridgehead atoms. The molecule has 1 unspecified atom stereocenters. The van der Waals surface area contributed by atoms with E-state index in [4.69, 9.17) is 21.1 Å². The number of methoxy groups -OCH3 is 1. The number of Topliss-reactive ketones (excluding diaryl/α,β-unsaturated/α-hetero) is 1. The molecule has 2 N–H and O–H groups in total. The van der Waals surface area contributed by atoms with E-state index in [9.17, 15) is 19.8 Å². The molecule has 0 aliphatic carbocycles. The number of hydrogen-bond donors (Lipinski definition) is 2. The zero-order valence-electron chi connectivity index (χ0n) is 21.0. The van der Waals surface area contributed by atoms with Crippen molar-refractivity contribution >= 4 is 34.7 Å². The van der Waals surface area contributed by atoms with Gasteiger partial charge >= 0.3 is 0 Å². The van der Waals surface area contributed by atoms with E-state index in [2.05, 4.69) is 0 Å². The Bertz CT molecular complexity index is 1380. The van der Waals surface area contributed by atoms with Gasteiger partial charge in [0.2, 0.25) is 0 Å². The van der Waals surface area contributed by atoms with Crippen molar-refractivity contribution in [1.29, 1.82) is 0 Å². The van der Waals surface area contributed by atoms with Gasteiger partial charge < -0.3 is 19.7 Å². The van der Waals surface area contributed by atoms with Crippen LogP contribution < -0.4 is 14.4 Å². The molecule has 4 rings (SSSR count). The molecule has 1 aliphatic heterocycles. The number of halogens is 1. The van der Waals surface area contributed by atoms with E-state index < -0.39 is 17.7 Å². The Labute approximate surface area is 220 Å². The number of ketones is 1. The third-order valence-corrected chi connectivity index (χ3v) is 6.56. The Morgan fingerprint density at radius 2 is 1.76 bits per heavy atom. The summed E-state index contributed by atoms with van der Waals surface area (Å²) in [4.78, 5) is 28.1. The van der Waals surface area contributed by atoms with Gasteiger partial charge in [-0.25, -0.2) is 0 Å². The summed E-state index contributed by atoms with van der Waals surface area (Å²) >= 11 is 6.28. The van der Waals surface area contributed by atoms with Crippen molar-refractivity contribution in [1.82, 2.24) is 0 Å². The number of amides is 1. The van der Waals surface area contributed by atoms with Gasteiger partial charge in [0.1, 0.15) is 11.5 Å². The van der Waals surface area contributed by atoms with Crippen LogP contribution in [0.25, 0.3) is 5.76 Å². The smallest absolute Gasteiger partial charge is 0.300 e. The first-order valence-electron chi connectivity index (χ1n) is 11.9. The topological polar surface area (TPSA) is 96.3 Å². The van der Waals surface area contributed by atoms with Gasteiger partial charge in [-0.05, 0) is 66.4 Å². The maximum absolute atomic E-state index is 13.4. The molecule has 0 spiro atoms. The minimum atomic E-state index is -1.02. The van der Waals surface area contributed by atoms with Gasteiger partial charge in [0.25, 0.3) is 11.7 Å². The average Bonchev–Trinajstić information content (AvgIpc) is 3.16.